The van der Waals surface area contributed by atoms with Crippen molar-refractivity contribution >= 4 is 34.8 Å². The van der Waals surface area contributed by atoms with Crippen LogP contribution in [0.25, 0.3) is 0 Å². The van der Waals surface area contributed by atoms with Gasteiger partial charge in [0.15, 0.2) is 22.9 Å². The molecule has 2 saturated heterocycles. The predicted octanol–water partition coefficient (Wildman–Crippen LogP) is 4.47. The topological polar surface area (TPSA) is 57.7 Å². The Balaban J connectivity index is 1.53. The molecule has 0 N–H and O–H groups in total. The minimum absolute atomic E-state index is 0.0614. The van der Waals surface area contributed by atoms with Crippen LogP contribution in [0.2, 0.25) is 0 Å². The third-order valence-corrected chi connectivity index (χ3v) is 9.93. The molecule has 2 fully saturated rings. The summed E-state index contributed by atoms with van der Waals surface area (Å²) in [5.74, 6) is 0.602. The monoisotopic (exact) mass is 494 g/mol. The number of carbonyl (C=O) groups is 3. The number of hydrogen-bond donors (Lipinski definition) is 0. The van der Waals surface area contributed by atoms with Gasteiger partial charge >= 0.3 is 0 Å². The van der Waals surface area contributed by atoms with E-state index in [4.69, 9.17) is 0 Å². The summed E-state index contributed by atoms with van der Waals surface area (Å²) in [7, 11) is 4.00. The molecule has 0 aromatic heterocycles. The van der Waals surface area contributed by atoms with Crippen LogP contribution in [-0.2, 0) is 6.42 Å². The molecule has 0 bridgehead atoms. The summed E-state index contributed by atoms with van der Waals surface area (Å²) in [5, 5.41) is 0. The molecule has 0 saturated carbocycles. The van der Waals surface area contributed by atoms with Gasteiger partial charge in [0.1, 0.15) is 0 Å². The standard InChI is InChI=1S/C30H26N2O3S/c1-31(2)20-13-11-18(12-14-20)25-24-16-36-17-32(24)30(27(34)22-9-5-6-10-23(22)28(30)35)29(25)15-19-7-3-4-8-21(19)26(29)33/h3-14,24-25H,15-17H2,1-2H3. The van der Waals surface area contributed by atoms with Gasteiger partial charge in [0, 0.05) is 60.1 Å². The second kappa shape index (κ2) is 7.40. The SMILES string of the molecule is CN(C)c1ccc(C2C3CSCN3C3(C(=O)c4ccccc4C3=O)C23Cc2ccccc2C3=O)cc1. The first-order valence-electron chi connectivity index (χ1n) is 12.4. The third-order valence-electron chi connectivity index (χ3n) is 8.89. The first kappa shape index (κ1) is 22.0. The molecular weight excluding hydrogens is 468 g/mol. The summed E-state index contributed by atoms with van der Waals surface area (Å²) in [6.45, 7) is 0. The number of Topliss-reactive ketones (excluding diaryl/α,β-unsaturated/α-hetero) is 3. The van der Waals surface area contributed by atoms with Crippen LogP contribution in [0.5, 0.6) is 0 Å². The quantitative estimate of drug-likeness (QED) is 0.490. The van der Waals surface area contributed by atoms with Crippen molar-refractivity contribution in [2.24, 2.45) is 5.41 Å². The first-order chi connectivity index (χ1) is 17.4. The van der Waals surface area contributed by atoms with Gasteiger partial charge in [0.05, 0.1) is 5.41 Å². The van der Waals surface area contributed by atoms with E-state index in [1.165, 1.54) is 0 Å². The summed E-state index contributed by atoms with van der Waals surface area (Å²) in [6.07, 6.45) is 0.394. The van der Waals surface area contributed by atoms with Gasteiger partial charge in [0.2, 0.25) is 0 Å². The Morgan fingerprint density at radius 2 is 1.42 bits per heavy atom. The molecule has 3 atom stereocenters. The minimum atomic E-state index is -1.52. The Hall–Kier alpha value is -3.22. The predicted molar refractivity (Wildman–Crippen MR) is 141 cm³/mol. The van der Waals surface area contributed by atoms with Gasteiger partial charge < -0.3 is 4.90 Å². The number of hydrogen-bond acceptors (Lipinski definition) is 6. The maximum Gasteiger partial charge on any atom is 0.192 e. The lowest BCUT2D eigenvalue weighted by Gasteiger charge is -2.43. The molecule has 3 unspecified atom stereocenters. The second-order valence-electron chi connectivity index (χ2n) is 10.5. The summed E-state index contributed by atoms with van der Waals surface area (Å²) in [4.78, 5) is 47.9. The van der Waals surface area contributed by atoms with E-state index in [2.05, 4.69) is 29.2 Å². The van der Waals surface area contributed by atoms with Crippen molar-refractivity contribution in [1.29, 1.82) is 0 Å². The Bertz CT molecular complexity index is 1430. The van der Waals surface area contributed by atoms with Crippen LogP contribution in [0.1, 0.15) is 48.1 Å². The smallest absolute Gasteiger partial charge is 0.192 e. The molecule has 3 aromatic rings. The summed E-state index contributed by atoms with van der Waals surface area (Å²) in [5.41, 5.74) is 1.86. The number of fused-ring (bicyclic) bond motifs is 5. The van der Waals surface area contributed by atoms with Crippen molar-refractivity contribution in [1.82, 2.24) is 4.90 Å². The molecule has 36 heavy (non-hydrogen) atoms. The van der Waals surface area contributed by atoms with E-state index in [1.54, 1.807) is 23.9 Å². The van der Waals surface area contributed by atoms with E-state index in [-0.39, 0.29) is 29.3 Å². The van der Waals surface area contributed by atoms with Gasteiger partial charge in [-0.25, -0.2) is 0 Å². The number of anilines is 1. The summed E-state index contributed by atoms with van der Waals surface area (Å²) < 4.78 is 0. The van der Waals surface area contributed by atoms with E-state index in [0.717, 1.165) is 22.6 Å². The molecule has 4 aliphatic rings. The van der Waals surface area contributed by atoms with E-state index < -0.39 is 11.0 Å². The van der Waals surface area contributed by atoms with E-state index in [9.17, 15) is 14.4 Å². The van der Waals surface area contributed by atoms with Crippen molar-refractivity contribution in [3.63, 3.8) is 0 Å². The highest BCUT2D eigenvalue weighted by Gasteiger charge is 2.81. The second-order valence-corrected chi connectivity index (χ2v) is 11.5. The van der Waals surface area contributed by atoms with Crippen molar-refractivity contribution in [2.75, 3.05) is 30.6 Å². The molecule has 0 amide bonds. The van der Waals surface area contributed by atoms with Crippen molar-refractivity contribution in [3.8, 4) is 0 Å². The Labute approximate surface area is 214 Å². The highest BCUT2D eigenvalue weighted by Crippen LogP contribution is 2.67. The van der Waals surface area contributed by atoms with Crippen LogP contribution in [0.15, 0.2) is 72.8 Å². The Morgan fingerprint density at radius 3 is 2.03 bits per heavy atom. The van der Waals surface area contributed by atoms with E-state index in [1.807, 2.05) is 55.4 Å². The molecule has 180 valence electrons. The lowest BCUT2D eigenvalue weighted by molar-refractivity contribution is 0.0320. The van der Waals surface area contributed by atoms with Gasteiger partial charge in [-0.15, -0.1) is 11.8 Å². The van der Waals surface area contributed by atoms with Crippen LogP contribution >= 0.6 is 11.8 Å². The highest BCUT2D eigenvalue weighted by atomic mass is 32.2. The molecule has 7 rings (SSSR count). The van der Waals surface area contributed by atoms with Gasteiger partial charge in [-0.3, -0.25) is 19.3 Å². The lowest BCUT2D eigenvalue weighted by atomic mass is 9.58. The molecule has 2 aliphatic heterocycles. The van der Waals surface area contributed by atoms with Crippen molar-refractivity contribution < 1.29 is 14.4 Å². The van der Waals surface area contributed by atoms with Gasteiger partial charge in [0.25, 0.3) is 0 Å². The van der Waals surface area contributed by atoms with Gasteiger partial charge in [-0.2, -0.15) is 0 Å². The minimum Gasteiger partial charge on any atom is -0.378 e. The van der Waals surface area contributed by atoms with Crippen LogP contribution in [0, 0.1) is 5.41 Å². The first-order valence-corrected chi connectivity index (χ1v) is 13.5. The zero-order valence-corrected chi connectivity index (χ0v) is 21.0. The average Bonchev–Trinajstić information content (AvgIpc) is 3.59. The molecule has 2 heterocycles. The van der Waals surface area contributed by atoms with Crippen LogP contribution in [0.4, 0.5) is 5.69 Å². The normalized spacial score (nSPS) is 27.7. The Morgan fingerprint density at radius 1 is 0.806 bits per heavy atom. The van der Waals surface area contributed by atoms with Crippen LogP contribution in [0.3, 0.4) is 0 Å². The molecule has 0 radical (unpaired) electrons. The zero-order valence-electron chi connectivity index (χ0n) is 20.2. The number of benzene rings is 3. The number of rotatable bonds is 2. The fraction of sp³-hybridized carbons (Fsp3) is 0.300. The lowest BCUT2D eigenvalue weighted by Crippen LogP contribution is -2.64. The largest absolute Gasteiger partial charge is 0.378 e. The van der Waals surface area contributed by atoms with Crippen LogP contribution < -0.4 is 4.90 Å². The summed E-state index contributed by atoms with van der Waals surface area (Å²) in [6, 6.07) is 23.0. The van der Waals surface area contributed by atoms with Crippen molar-refractivity contribution in [3.05, 3.63) is 101 Å². The third kappa shape index (κ3) is 2.39. The van der Waals surface area contributed by atoms with Gasteiger partial charge in [-0.1, -0.05) is 60.7 Å². The highest BCUT2D eigenvalue weighted by molar-refractivity contribution is 7.99. The summed E-state index contributed by atoms with van der Waals surface area (Å²) >= 11 is 1.75. The molecular formula is C30H26N2O3S. The van der Waals surface area contributed by atoms with E-state index >= 15 is 0 Å². The number of ketones is 3. The fourth-order valence-electron chi connectivity index (χ4n) is 7.47. The maximum atomic E-state index is 14.7. The maximum absolute atomic E-state index is 14.7. The number of thioether (sulfide) groups is 1. The number of nitrogens with zero attached hydrogens (tertiary/aromatic N) is 2. The van der Waals surface area contributed by atoms with Crippen LogP contribution in [-0.4, -0.2) is 59.6 Å². The molecule has 5 nitrogen and oxygen atoms in total. The molecule has 3 aromatic carbocycles. The molecule has 2 spiro atoms. The molecule has 2 aliphatic carbocycles. The van der Waals surface area contributed by atoms with Gasteiger partial charge in [-0.05, 0) is 29.7 Å². The Kier molecular flexibility index (Phi) is 4.53. The fourth-order valence-corrected chi connectivity index (χ4v) is 8.77. The molecule has 6 heteroatoms. The average molecular weight is 495 g/mol. The van der Waals surface area contributed by atoms with E-state index in [0.29, 0.717) is 29.0 Å². The number of carbonyl (C=O) groups excluding carboxylic acids is 3. The van der Waals surface area contributed by atoms with Crippen molar-refractivity contribution in [2.45, 2.75) is 23.9 Å². The zero-order chi connectivity index (χ0) is 24.8.